The molecular weight excluding hydrogens is 206 g/mol. The maximum absolute atomic E-state index is 11.1. The Morgan fingerprint density at radius 1 is 1.56 bits per heavy atom. The van der Waals surface area contributed by atoms with E-state index in [9.17, 15) is 4.79 Å². The molecule has 0 amide bonds. The van der Waals surface area contributed by atoms with E-state index in [2.05, 4.69) is 4.98 Å². The molecule has 0 aliphatic rings. The molecular formula is C11H13N3O2. The number of fused-ring (bicyclic) bond motifs is 1. The highest BCUT2D eigenvalue weighted by Gasteiger charge is 2.19. The number of anilines is 1. The molecule has 0 spiro atoms. The van der Waals surface area contributed by atoms with Crippen LogP contribution in [0.2, 0.25) is 0 Å². The molecule has 0 aromatic carbocycles. The number of nitrogens with two attached hydrogens (primary N) is 1. The maximum atomic E-state index is 11.1. The summed E-state index contributed by atoms with van der Waals surface area (Å²) in [4.78, 5) is 15.2. The van der Waals surface area contributed by atoms with Crippen LogP contribution in [0.5, 0.6) is 0 Å². The minimum absolute atomic E-state index is 0.0156. The number of nitrogen functional groups attached to an aromatic ring is 1. The fourth-order valence-electron chi connectivity index (χ4n) is 1.74. The quantitative estimate of drug-likeness (QED) is 0.806. The largest absolute Gasteiger partial charge is 0.476 e. The van der Waals surface area contributed by atoms with Crippen molar-refractivity contribution < 1.29 is 9.90 Å². The molecule has 3 N–H and O–H groups in total. The molecule has 84 valence electrons. The van der Waals surface area contributed by atoms with Crippen LogP contribution in [0.1, 0.15) is 36.1 Å². The van der Waals surface area contributed by atoms with E-state index in [0.29, 0.717) is 17.0 Å². The van der Waals surface area contributed by atoms with Crippen LogP contribution >= 0.6 is 0 Å². The number of nitrogens with zero attached hydrogens (tertiary/aromatic N) is 2. The van der Waals surface area contributed by atoms with E-state index in [1.807, 2.05) is 13.8 Å². The molecule has 0 fully saturated rings. The van der Waals surface area contributed by atoms with Gasteiger partial charge >= 0.3 is 5.97 Å². The predicted octanol–water partition coefficient (Wildman–Crippen LogP) is 1.74. The number of rotatable bonds is 2. The van der Waals surface area contributed by atoms with E-state index in [4.69, 9.17) is 10.8 Å². The molecule has 2 aromatic rings. The van der Waals surface area contributed by atoms with Crippen LogP contribution < -0.4 is 5.73 Å². The summed E-state index contributed by atoms with van der Waals surface area (Å²) in [6, 6.07) is 3.45. The van der Waals surface area contributed by atoms with Gasteiger partial charge in [-0.2, -0.15) is 0 Å². The van der Waals surface area contributed by atoms with Gasteiger partial charge in [-0.25, -0.2) is 9.78 Å². The van der Waals surface area contributed by atoms with Crippen LogP contribution in [0.4, 0.5) is 5.69 Å². The van der Waals surface area contributed by atoms with Gasteiger partial charge in [-0.1, -0.05) is 13.8 Å². The molecule has 2 aromatic heterocycles. The monoisotopic (exact) mass is 219 g/mol. The number of carbonyl (C=O) groups is 1. The third-order valence-corrected chi connectivity index (χ3v) is 2.44. The van der Waals surface area contributed by atoms with Crippen molar-refractivity contribution in [3.63, 3.8) is 0 Å². The number of imidazole rings is 1. The number of carboxylic acid groups (broad SMARTS) is 1. The maximum Gasteiger partial charge on any atom is 0.356 e. The molecule has 16 heavy (non-hydrogen) atoms. The lowest BCUT2D eigenvalue weighted by Gasteiger charge is -2.04. The lowest BCUT2D eigenvalue weighted by Crippen LogP contribution is -2.00. The third kappa shape index (κ3) is 1.41. The van der Waals surface area contributed by atoms with Crippen LogP contribution in [0.15, 0.2) is 18.3 Å². The van der Waals surface area contributed by atoms with Crippen molar-refractivity contribution >= 4 is 17.2 Å². The molecule has 5 heteroatoms. The Kier molecular flexibility index (Phi) is 2.30. The first-order valence-corrected chi connectivity index (χ1v) is 5.02. The van der Waals surface area contributed by atoms with Crippen LogP contribution in [-0.2, 0) is 0 Å². The van der Waals surface area contributed by atoms with Gasteiger partial charge in [0, 0.05) is 12.1 Å². The first kappa shape index (κ1) is 10.5. The van der Waals surface area contributed by atoms with Gasteiger partial charge in [0.1, 0.15) is 11.3 Å². The zero-order chi connectivity index (χ0) is 11.9. The van der Waals surface area contributed by atoms with E-state index in [1.54, 1.807) is 22.7 Å². The van der Waals surface area contributed by atoms with Gasteiger partial charge in [-0.05, 0) is 12.1 Å². The highest BCUT2D eigenvalue weighted by molar-refractivity contribution is 5.97. The Bertz CT molecular complexity index is 558. The minimum atomic E-state index is -1.05. The van der Waals surface area contributed by atoms with Crippen LogP contribution in [-0.4, -0.2) is 20.5 Å². The second-order valence-corrected chi connectivity index (χ2v) is 3.96. The van der Waals surface area contributed by atoms with Crippen molar-refractivity contribution in [1.29, 1.82) is 0 Å². The fraction of sp³-hybridized carbons (Fsp3) is 0.273. The molecule has 0 unspecified atom stereocenters. The molecule has 0 saturated carbocycles. The molecule has 2 rings (SSSR count). The first-order valence-electron chi connectivity index (χ1n) is 5.02. The van der Waals surface area contributed by atoms with Gasteiger partial charge in [0.2, 0.25) is 0 Å². The molecule has 0 saturated heterocycles. The van der Waals surface area contributed by atoms with Crippen molar-refractivity contribution in [3.05, 3.63) is 29.8 Å². The molecule has 0 aliphatic carbocycles. The Balaban J connectivity index is 2.87. The summed E-state index contributed by atoms with van der Waals surface area (Å²) in [7, 11) is 0. The highest BCUT2D eigenvalue weighted by Crippen LogP contribution is 2.23. The van der Waals surface area contributed by atoms with E-state index < -0.39 is 5.97 Å². The molecule has 0 bridgehead atoms. The van der Waals surface area contributed by atoms with Gasteiger partial charge in [0.15, 0.2) is 5.69 Å². The summed E-state index contributed by atoms with van der Waals surface area (Å²) < 4.78 is 1.74. The molecule has 5 nitrogen and oxygen atoms in total. The molecule has 0 atom stereocenters. The van der Waals surface area contributed by atoms with Crippen molar-refractivity contribution in [2.75, 3.05) is 5.73 Å². The van der Waals surface area contributed by atoms with Gasteiger partial charge in [-0.15, -0.1) is 0 Å². The summed E-state index contributed by atoms with van der Waals surface area (Å²) in [6.45, 7) is 3.92. The number of aromatic nitrogens is 2. The van der Waals surface area contributed by atoms with Gasteiger partial charge in [-0.3, -0.25) is 0 Å². The van der Waals surface area contributed by atoms with Crippen LogP contribution in [0.25, 0.3) is 5.52 Å². The van der Waals surface area contributed by atoms with Gasteiger partial charge in [0.25, 0.3) is 0 Å². The third-order valence-electron chi connectivity index (χ3n) is 2.44. The topological polar surface area (TPSA) is 80.6 Å². The lowest BCUT2D eigenvalue weighted by atomic mass is 10.2. The van der Waals surface area contributed by atoms with E-state index in [0.717, 1.165) is 0 Å². The summed E-state index contributed by atoms with van der Waals surface area (Å²) >= 11 is 0. The van der Waals surface area contributed by atoms with Crippen LogP contribution in [0, 0.1) is 0 Å². The van der Waals surface area contributed by atoms with Crippen molar-refractivity contribution in [1.82, 2.24) is 9.38 Å². The molecule has 0 aliphatic heterocycles. The second-order valence-electron chi connectivity index (χ2n) is 3.96. The molecule has 2 heterocycles. The van der Waals surface area contributed by atoms with E-state index in [-0.39, 0.29) is 11.6 Å². The normalized spacial score (nSPS) is 11.2. The number of carboxylic acids is 1. The molecule has 0 radical (unpaired) electrons. The number of hydrogen-bond donors (Lipinski definition) is 2. The average molecular weight is 219 g/mol. The van der Waals surface area contributed by atoms with Crippen molar-refractivity contribution in [3.8, 4) is 0 Å². The van der Waals surface area contributed by atoms with Gasteiger partial charge < -0.3 is 15.2 Å². The fourth-order valence-corrected chi connectivity index (χ4v) is 1.74. The van der Waals surface area contributed by atoms with Crippen molar-refractivity contribution in [2.24, 2.45) is 0 Å². The Morgan fingerprint density at radius 3 is 2.81 bits per heavy atom. The predicted molar refractivity (Wildman–Crippen MR) is 60.7 cm³/mol. The Morgan fingerprint density at radius 2 is 2.25 bits per heavy atom. The second kappa shape index (κ2) is 3.52. The summed E-state index contributed by atoms with van der Waals surface area (Å²) in [6.07, 6.45) is 1.78. The SMILES string of the molecule is CC(C)c1nc(C(=O)O)c2c(N)cccn12. The Labute approximate surface area is 92.5 Å². The highest BCUT2D eigenvalue weighted by atomic mass is 16.4. The summed E-state index contributed by atoms with van der Waals surface area (Å²) in [5.41, 5.74) is 6.70. The number of pyridine rings is 1. The standard InChI is InChI=1S/C11H13N3O2/c1-6(2)10-13-8(11(15)16)9-7(12)4-3-5-14(9)10/h3-6H,12H2,1-2H3,(H,15,16). The number of aromatic carboxylic acids is 1. The van der Waals surface area contributed by atoms with Crippen LogP contribution in [0.3, 0.4) is 0 Å². The van der Waals surface area contributed by atoms with E-state index >= 15 is 0 Å². The summed E-state index contributed by atoms with van der Waals surface area (Å²) in [5.74, 6) is -0.204. The zero-order valence-corrected chi connectivity index (χ0v) is 9.14. The van der Waals surface area contributed by atoms with Crippen molar-refractivity contribution in [2.45, 2.75) is 19.8 Å². The average Bonchev–Trinajstić information content (AvgIpc) is 2.58. The first-order chi connectivity index (χ1) is 7.52. The summed E-state index contributed by atoms with van der Waals surface area (Å²) in [5, 5.41) is 9.07. The lowest BCUT2D eigenvalue weighted by molar-refractivity contribution is 0.0693. The van der Waals surface area contributed by atoms with Gasteiger partial charge in [0.05, 0.1) is 5.69 Å². The minimum Gasteiger partial charge on any atom is -0.476 e. The number of hydrogen-bond acceptors (Lipinski definition) is 3. The smallest absolute Gasteiger partial charge is 0.356 e. The van der Waals surface area contributed by atoms with E-state index in [1.165, 1.54) is 0 Å². The Hall–Kier alpha value is -2.04. The zero-order valence-electron chi connectivity index (χ0n) is 9.14.